The van der Waals surface area contributed by atoms with Crippen LogP contribution in [0, 0.1) is 11.8 Å². The second-order valence-corrected chi connectivity index (χ2v) is 7.55. The third kappa shape index (κ3) is 5.04. The van der Waals surface area contributed by atoms with Gasteiger partial charge in [0.25, 0.3) is 0 Å². The molecule has 2 heteroatoms. The summed E-state index contributed by atoms with van der Waals surface area (Å²) in [4.78, 5) is 2.66. The number of likely N-dealkylation sites (tertiary alicyclic amines) is 1. The van der Waals surface area contributed by atoms with Crippen LogP contribution < -0.4 is 5.32 Å². The Balaban J connectivity index is 1.72. The first kappa shape index (κ1) is 16.3. The summed E-state index contributed by atoms with van der Waals surface area (Å²) in [6.45, 7) is 10.9. The summed E-state index contributed by atoms with van der Waals surface area (Å²) in [7, 11) is 0. The van der Waals surface area contributed by atoms with E-state index in [1.165, 1.54) is 71.0 Å². The minimum Gasteiger partial charge on any atom is -0.311 e. The molecule has 1 N–H and O–H groups in total. The van der Waals surface area contributed by atoms with Crippen molar-refractivity contribution < 1.29 is 0 Å². The molecule has 118 valence electrons. The van der Waals surface area contributed by atoms with E-state index in [1.54, 1.807) is 0 Å². The molecule has 1 saturated carbocycles. The Kier molecular flexibility index (Phi) is 6.83. The van der Waals surface area contributed by atoms with E-state index in [0.717, 1.165) is 23.9 Å². The summed E-state index contributed by atoms with van der Waals surface area (Å²) >= 11 is 0. The zero-order chi connectivity index (χ0) is 14.4. The van der Waals surface area contributed by atoms with Gasteiger partial charge in [-0.25, -0.2) is 0 Å². The average molecular weight is 280 g/mol. The smallest absolute Gasteiger partial charge is 0.00953 e. The van der Waals surface area contributed by atoms with E-state index in [4.69, 9.17) is 0 Å². The van der Waals surface area contributed by atoms with Crippen molar-refractivity contribution in [3.8, 4) is 0 Å². The molecule has 2 aliphatic rings. The van der Waals surface area contributed by atoms with Crippen molar-refractivity contribution in [2.24, 2.45) is 11.8 Å². The first-order valence-corrected chi connectivity index (χ1v) is 9.17. The summed E-state index contributed by atoms with van der Waals surface area (Å²) in [6, 6.07) is 1.57. The standard InChI is InChI=1S/C18H36N2/c1-4-18(16-8-6-5-7-9-16)19-17-10-12-20(13-11-17)14-15(2)3/h15-19H,4-14H2,1-3H3. The zero-order valence-corrected chi connectivity index (χ0v) is 14.0. The molecule has 0 bridgehead atoms. The second kappa shape index (κ2) is 8.38. The van der Waals surface area contributed by atoms with Gasteiger partial charge in [-0.05, 0) is 57.0 Å². The summed E-state index contributed by atoms with van der Waals surface area (Å²) in [5.41, 5.74) is 0. The molecule has 1 aliphatic carbocycles. The number of nitrogens with one attached hydrogen (secondary N) is 1. The van der Waals surface area contributed by atoms with E-state index in [2.05, 4.69) is 31.0 Å². The highest BCUT2D eigenvalue weighted by molar-refractivity contribution is 4.85. The fraction of sp³-hybridized carbons (Fsp3) is 1.00. The van der Waals surface area contributed by atoms with Gasteiger partial charge in [0, 0.05) is 18.6 Å². The number of hydrogen-bond donors (Lipinski definition) is 1. The lowest BCUT2D eigenvalue weighted by Gasteiger charge is -2.38. The maximum atomic E-state index is 4.02. The molecule has 1 saturated heterocycles. The molecule has 1 unspecified atom stereocenters. The Morgan fingerprint density at radius 1 is 1.00 bits per heavy atom. The predicted octanol–water partition coefficient (Wildman–Crippen LogP) is 4.06. The molecular formula is C18H36N2. The first-order chi connectivity index (χ1) is 9.69. The normalized spacial score (nSPS) is 25.2. The summed E-state index contributed by atoms with van der Waals surface area (Å²) in [6.07, 6.45) is 11.4. The number of nitrogens with zero attached hydrogens (tertiary/aromatic N) is 1. The molecule has 1 atom stereocenters. The van der Waals surface area contributed by atoms with Crippen molar-refractivity contribution in [3.63, 3.8) is 0 Å². The lowest BCUT2D eigenvalue weighted by molar-refractivity contribution is 0.159. The molecule has 2 fully saturated rings. The molecule has 2 nitrogen and oxygen atoms in total. The molecular weight excluding hydrogens is 244 g/mol. The maximum absolute atomic E-state index is 4.02. The molecule has 1 heterocycles. The van der Waals surface area contributed by atoms with E-state index in [1.807, 2.05) is 0 Å². The summed E-state index contributed by atoms with van der Waals surface area (Å²) in [5.74, 6) is 1.77. The topological polar surface area (TPSA) is 15.3 Å². The molecule has 0 aromatic rings. The fourth-order valence-corrected chi connectivity index (χ4v) is 4.23. The van der Waals surface area contributed by atoms with Gasteiger partial charge >= 0.3 is 0 Å². The first-order valence-electron chi connectivity index (χ1n) is 9.17. The molecule has 20 heavy (non-hydrogen) atoms. The van der Waals surface area contributed by atoms with Crippen LogP contribution in [-0.4, -0.2) is 36.6 Å². The lowest BCUT2D eigenvalue weighted by atomic mass is 9.82. The lowest BCUT2D eigenvalue weighted by Crippen LogP contribution is -2.49. The minimum absolute atomic E-state index is 0.783. The van der Waals surface area contributed by atoms with Gasteiger partial charge in [0.2, 0.25) is 0 Å². The van der Waals surface area contributed by atoms with Crippen LogP contribution in [0.25, 0.3) is 0 Å². The van der Waals surface area contributed by atoms with Gasteiger partial charge in [-0.1, -0.05) is 40.0 Å². The summed E-state index contributed by atoms with van der Waals surface area (Å²) in [5, 5.41) is 4.02. The molecule has 0 spiro atoms. The van der Waals surface area contributed by atoms with Gasteiger partial charge < -0.3 is 10.2 Å². The average Bonchev–Trinajstić information content (AvgIpc) is 2.47. The van der Waals surface area contributed by atoms with Crippen molar-refractivity contribution in [1.29, 1.82) is 0 Å². The predicted molar refractivity (Wildman–Crippen MR) is 88.1 cm³/mol. The van der Waals surface area contributed by atoms with E-state index in [9.17, 15) is 0 Å². The Morgan fingerprint density at radius 2 is 1.65 bits per heavy atom. The Hall–Kier alpha value is -0.0800. The van der Waals surface area contributed by atoms with Crippen LogP contribution in [0.15, 0.2) is 0 Å². The van der Waals surface area contributed by atoms with Gasteiger partial charge in [-0.15, -0.1) is 0 Å². The van der Waals surface area contributed by atoms with Crippen molar-refractivity contribution in [1.82, 2.24) is 10.2 Å². The maximum Gasteiger partial charge on any atom is 0.00953 e. The van der Waals surface area contributed by atoms with Crippen LogP contribution in [0.2, 0.25) is 0 Å². The third-order valence-electron chi connectivity index (χ3n) is 5.32. The quantitative estimate of drug-likeness (QED) is 0.789. The highest BCUT2D eigenvalue weighted by Gasteiger charge is 2.26. The highest BCUT2D eigenvalue weighted by atomic mass is 15.1. The van der Waals surface area contributed by atoms with Gasteiger partial charge in [0.05, 0.1) is 0 Å². The van der Waals surface area contributed by atoms with E-state index < -0.39 is 0 Å². The Labute approximate surface area is 126 Å². The monoisotopic (exact) mass is 280 g/mol. The Morgan fingerprint density at radius 3 is 2.20 bits per heavy atom. The fourth-order valence-electron chi connectivity index (χ4n) is 4.23. The second-order valence-electron chi connectivity index (χ2n) is 7.55. The van der Waals surface area contributed by atoms with Crippen LogP contribution in [0.5, 0.6) is 0 Å². The van der Waals surface area contributed by atoms with E-state index >= 15 is 0 Å². The molecule has 0 amide bonds. The van der Waals surface area contributed by atoms with Crippen molar-refractivity contribution >= 4 is 0 Å². The van der Waals surface area contributed by atoms with E-state index in [0.29, 0.717) is 0 Å². The van der Waals surface area contributed by atoms with Crippen LogP contribution in [0.1, 0.15) is 72.1 Å². The Bertz CT molecular complexity index is 250. The van der Waals surface area contributed by atoms with Crippen molar-refractivity contribution in [2.45, 2.75) is 84.2 Å². The van der Waals surface area contributed by atoms with Crippen molar-refractivity contribution in [2.75, 3.05) is 19.6 Å². The van der Waals surface area contributed by atoms with Crippen LogP contribution in [-0.2, 0) is 0 Å². The van der Waals surface area contributed by atoms with Gasteiger partial charge in [-0.2, -0.15) is 0 Å². The molecule has 0 radical (unpaired) electrons. The molecule has 0 aromatic carbocycles. The van der Waals surface area contributed by atoms with Crippen LogP contribution in [0.4, 0.5) is 0 Å². The van der Waals surface area contributed by atoms with Gasteiger partial charge in [0.15, 0.2) is 0 Å². The van der Waals surface area contributed by atoms with Gasteiger partial charge in [-0.3, -0.25) is 0 Å². The molecule has 0 aromatic heterocycles. The van der Waals surface area contributed by atoms with Crippen LogP contribution >= 0.6 is 0 Å². The largest absolute Gasteiger partial charge is 0.311 e. The van der Waals surface area contributed by atoms with Crippen molar-refractivity contribution in [3.05, 3.63) is 0 Å². The zero-order valence-electron chi connectivity index (χ0n) is 14.0. The molecule has 1 aliphatic heterocycles. The number of hydrogen-bond acceptors (Lipinski definition) is 2. The SMILES string of the molecule is CCC(NC1CCN(CC(C)C)CC1)C1CCCCC1. The number of piperidine rings is 1. The van der Waals surface area contributed by atoms with Crippen LogP contribution in [0.3, 0.4) is 0 Å². The minimum atomic E-state index is 0.783. The third-order valence-corrected chi connectivity index (χ3v) is 5.32. The van der Waals surface area contributed by atoms with Gasteiger partial charge in [0.1, 0.15) is 0 Å². The highest BCUT2D eigenvalue weighted by Crippen LogP contribution is 2.28. The molecule has 2 rings (SSSR count). The number of rotatable bonds is 6. The van der Waals surface area contributed by atoms with E-state index in [-0.39, 0.29) is 0 Å². The summed E-state index contributed by atoms with van der Waals surface area (Å²) < 4.78 is 0.